The highest BCUT2D eigenvalue weighted by atomic mass is 35.5. The van der Waals surface area contributed by atoms with Crippen LogP contribution >= 0.6 is 11.6 Å². The van der Waals surface area contributed by atoms with E-state index in [-0.39, 0.29) is 28.3 Å². The number of amides is 1. The second-order valence-electron chi connectivity index (χ2n) is 8.65. The van der Waals surface area contributed by atoms with Crippen LogP contribution in [0.3, 0.4) is 0 Å². The van der Waals surface area contributed by atoms with Gasteiger partial charge in [-0.2, -0.15) is 0 Å². The molecule has 5 rings (SSSR count). The Bertz CT molecular complexity index is 1660. The third-order valence-electron chi connectivity index (χ3n) is 6.32. The quantitative estimate of drug-likeness (QED) is 0.359. The van der Waals surface area contributed by atoms with Crippen molar-refractivity contribution in [3.8, 4) is 11.3 Å². The standard InChI is InChI=1S/C27H22ClN3O5S/c1-30-12-3-6-24(30)17-7-9-23(22(16-17)27(33)34)29-26(32)19-4-2-5-21(15-19)37(35,36)31-13-11-18-14-20(28)8-10-25(18)31/h2-10,12,14-16H,11,13H2,1H3,(H,29,32)(H,33,34). The molecular formula is C27H22ClN3O5S. The van der Waals surface area contributed by atoms with Crippen LogP contribution in [0, 0.1) is 0 Å². The molecule has 1 aliphatic heterocycles. The molecule has 37 heavy (non-hydrogen) atoms. The fourth-order valence-corrected chi connectivity index (χ4v) is 6.20. The molecule has 1 aliphatic rings. The monoisotopic (exact) mass is 535 g/mol. The lowest BCUT2D eigenvalue weighted by Crippen LogP contribution is -2.29. The van der Waals surface area contributed by atoms with E-state index in [1.807, 2.05) is 29.9 Å². The topological polar surface area (TPSA) is 109 Å². The van der Waals surface area contributed by atoms with Crippen molar-refractivity contribution in [3.05, 3.63) is 101 Å². The maximum atomic E-state index is 13.4. The Morgan fingerprint density at radius 2 is 1.81 bits per heavy atom. The van der Waals surface area contributed by atoms with Crippen molar-refractivity contribution < 1.29 is 23.1 Å². The van der Waals surface area contributed by atoms with Crippen molar-refractivity contribution in [1.29, 1.82) is 0 Å². The van der Waals surface area contributed by atoms with Gasteiger partial charge in [0.25, 0.3) is 15.9 Å². The van der Waals surface area contributed by atoms with Gasteiger partial charge in [0.1, 0.15) is 0 Å². The molecule has 0 saturated heterocycles. The molecule has 8 nitrogen and oxygen atoms in total. The minimum atomic E-state index is -3.94. The SMILES string of the molecule is Cn1cccc1-c1ccc(NC(=O)c2cccc(S(=O)(=O)N3CCc4cc(Cl)ccc43)c2)c(C(=O)O)c1. The fourth-order valence-electron chi connectivity index (χ4n) is 4.46. The van der Waals surface area contributed by atoms with Crippen molar-refractivity contribution in [2.24, 2.45) is 7.05 Å². The van der Waals surface area contributed by atoms with E-state index in [2.05, 4.69) is 5.32 Å². The third kappa shape index (κ3) is 4.59. The first-order valence-corrected chi connectivity index (χ1v) is 13.2. The molecule has 0 atom stereocenters. The Morgan fingerprint density at radius 1 is 1.00 bits per heavy atom. The molecule has 0 fully saturated rings. The van der Waals surface area contributed by atoms with Crippen molar-refractivity contribution in [2.45, 2.75) is 11.3 Å². The number of carboxylic acid groups (broad SMARTS) is 1. The number of aryl methyl sites for hydroxylation is 1. The number of nitrogens with zero attached hydrogens (tertiary/aromatic N) is 2. The number of anilines is 2. The molecule has 2 heterocycles. The number of fused-ring (bicyclic) bond motifs is 1. The molecular weight excluding hydrogens is 514 g/mol. The normalized spacial score (nSPS) is 12.9. The summed E-state index contributed by atoms with van der Waals surface area (Å²) in [4.78, 5) is 25.0. The summed E-state index contributed by atoms with van der Waals surface area (Å²) in [6.45, 7) is 0.268. The predicted molar refractivity (Wildman–Crippen MR) is 142 cm³/mol. The highest BCUT2D eigenvalue weighted by Crippen LogP contribution is 2.35. The molecule has 0 aliphatic carbocycles. The molecule has 0 bridgehead atoms. The number of carbonyl (C=O) groups excluding carboxylic acids is 1. The van der Waals surface area contributed by atoms with E-state index in [0.29, 0.717) is 22.7 Å². The Kier molecular flexibility index (Phi) is 6.26. The highest BCUT2D eigenvalue weighted by molar-refractivity contribution is 7.92. The largest absolute Gasteiger partial charge is 0.478 e. The van der Waals surface area contributed by atoms with Gasteiger partial charge in [0.2, 0.25) is 0 Å². The van der Waals surface area contributed by atoms with Gasteiger partial charge in [-0.15, -0.1) is 0 Å². The predicted octanol–water partition coefficient (Wildman–Crippen LogP) is 5.05. The van der Waals surface area contributed by atoms with Crippen molar-refractivity contribution in [3.63, 3.8) is 0 Å². The lowest BCUT2D eigenvalue weighted by Gasteiger charge is -2.20. The molecule has 3 aromatic carbocycles. The molecule has 10 heteroatoms. The number of hydrogen-bond acceptors (Lipinski definition) is 4. The zero-order valence-corrected chi connectivity index (χ0v) is 21.3. The van der Waals surface area contributed by atoms with E-state index < -0.39 is 21.9 Å². The number of carboxylic acids is 1. The number of aromatic nitrogens is 1. The van der Waals surface area contributed by atoms with E-state index in [1.165, 1.54) is 40.7 Å². The lowest BCUT2D eigenvalue weighted by molar-refractivity contribution is 0.0698. The zero-order chi connectivity index (χ0) is 26.3. The Morgan fingerprint density at radius 3 is 2.54 bits per heavy atom. The minimum Gasteiger partial charge on any atom is -0.478 e. The van der Waals surface area contributed by atoms with E-state index in [1.54, 1.807) is 24.3 Å². The van der Waals surface area contributed by atoms with Crippen molar-refractivity contribution in [1.82, 2.24) is 4.57 Å². The van der Waals surface area contributed by atoms with E-state index in [9.17, 15) is 23.1 Å². The number of aromatic carboxylic acids is 1. The molecule has 0 radical (unpaired) electrons. The number of nitrogens with one attached hydrogen (secondary N) is 1. The van der Waals surface area contributed by atoms with Crippen LogP contribution in [0.1, 0.15) is 26.3 Å². The summed E-state index contributed by atoms with van der Waals surface area (Å²) >= 11 is 6.05. The third-order valence-corrected chi connectivity index (χ3v) is 8.36. The smallest absolute Gasteiger partial charge is 0.337 e. The van der Waals surface area contributed by atoms with Crippen LogP contribution in [0.25, 0.3) is 11.3 Å². The number of carbonyl (C=O) groups is 2. The maximum Gasteiger partial charge on any atom is 0.337 e. The molecule has 188 valence electrons. The molecule has 0 spiro atoms. The minimum absolute atomic E-state index is 0.0412. The van der Waals surface area contributed by atoms with Gasteiger partial charge in [-0.25, -0.2) is 13.2 Å². The Balaban J connectivity index is 1.43. The van der Waals surface area contributed by atoms with Crippen LogP contribution in [0.5, 0.6) is 0 Å². The molecule has 4 aromatic rings. The van der Waals surface area contributed by atoms with Crippen LogP contribution in [0.15, 0.2) is 83.9 Å². The second kappa shape index (κ2) is 9.42. The average Bonchev–Trinajstić information content (AvgIpc) is 3.50. The molecule has 2 N–H and O–H groups in total. The fraction of sp³-hybridized carbons (Fsp3) is 0.111. The van der Waals surface area contributed by atoms with Crippen molar-refractivity contribution in [2.75, 3.05) is 16.2 Å². The number of hydrogen-bond donors (Lipinski definition) is 2. The van der Waals surface area contributed by atoms with Crippen LogP contribution in [-0.4, -0.2) is 36.5 Å². The van der Waals surface area contributed by atoms with E-state index in [0.717, 1.165) is 11.3 Å². The summed E-state index contributed by atoms with van der Waals surface area (Å²) in [6.07, 6.45) is 2.38. The summed E-state index contributed by atoms with van der Waals surface area (Å²) in [7, 11) is -2.09. The van der Waals surface area contributed by atoms with Crippen LogP contribution in [0.4, 0.5) is 11.4 Å². The summed E-state index contributed by atoms with van der Waals surface area (Å²) in [5.41, 5.74) is 3.01. The average molecular weight is 536 g/mol. The number of halogens is 1. The first-order valence-electron chi connectivity index (χ1n) is 11.4. The van der Waals surface area contributed by atoms with E-state index >= 15 is 0 Å². The van der Waals surface area contributed by atoms with Gasteiger partial charge in [-0.05, 0) is 78.2 Å². The highest BCUT2D eigenvalue weighted by Gasteiger charge is 2.31. The molecule has 1 amide bonds. The van der Waals surface area contributed by atoms with Gasteiger partial charge < -0.3 is 15.0 Å². The summed E-state index contributed by atoms with van der Waals surface area (Å²) in [5.74, 6) is -1.82. The number of benzene rings is 3. The van der Waals surface area contributed by atoms with Gasteiger partial charge in [0.05, 0.1) is 21.8 Å². The van der Waals surface area contributed by atoms with Gasteiger partial charge in [0, 0.05) is 36.1 Å². The van der Waals surface area contributed by atoms with Crippen molar-refractivity contribution >= 4 is 44.9 Å². The van der Waals surface area contributed by atoms with E-state index in [4.69, 9.17) is 11.6 Å². The summed E-state index contributed by atoms with van der Waals surface area (Å²) in [5, 5.41) is 12.9. The molecule has 0 unspecified atom stereocenters. The maximum absolute atomic E-state index is 13.4. The first kappa shape index (κ1) is 24.6. The van der Waals surface area contributed by atoms with Gasteiger partial charge in [-0.1, -0.05) is 23.7 Å². The van der Waals surface area contributed by atoms with Crippen LogP contribution in [0.2, 0.25) is 5.02 Å². The van der Waals surface area contributed by atoms with Crippen LogP contribution < -0.4 is 9.62 Å². The lowest BCUT2D eigenvalue weighted by atomic mass is 10.1. The number of rotatable bonds is 6. The number of sulfonamides is 1. The van der Waals surface area contributed by atoms with Gasteiger partial charge in [-0.3, -0.25) is 9.10 Å². The van der Waals surface area contributed by atoms with Gasteiger partial charge >= 0.3 is 5.97 Å². The second-order valence-corrected chi connectivity index (χ2v) is 11.0. The van der Waals surface area contributed by atoms with Crippen LogP contribution in [-0.2, 0) is 23.5 Å². The molecule has 0 saturated carbocycles. The molecule has 1 aromatic heterocycles. The Labute approximate surface area is 218 Å². The first-order chi connectivity index (χ1) is 17.6. The Hall–Kier alpha value is -4.08. The summed E-state index contributed by atoms with van der Waals surface area (Å²) in [6, 6.07) is 19.2. The zero-order valence-electron chi connectivity index (χ0n) is 19.7. The van der Waals surface area contributed by atoms with Gasteiger partial charge in [0.15, 0.2) is 0 Å². The summed E-state index contributed by atoms with van der Waals surface area (Å²) < 4.78 is 30.0.